The number of hydrogen-bond donors (Lipinski definition) is 1. The van der Waals surface area contributed by atoms with Crippen LogP contribution in [-0.4, -0.2) is 53.5 Å². The average Bonchev–Trinajstić information content (AvgIpc) is 2.89. The molecule has 0 spiro atoms. The fourth-order valence-corrected chi connectivity index (χ4v) is 4.56. The number of halogens is 1. The third kappa shape index (κ3) is 5.64. The van der Waals surface area contributed by atoms with Gasteiger partial charge in [-0.3, -0.25) is 9.78 Å². The van der Waals surface area contributed by atoms with Crippen LogP contribution in [0.3, 0.4) is 0 Å². The summed E-state index contributed by atoms with van der Waals surface area (Å²) in [5.74, 6) is 2.04. The Morgan fingerprint density at radius 3 is 2.41 bits per heavy atom. The van der Waals surface area contributed by atoms with E-state index < -0.39 is 0 Å². The molecule has 3 aromatic rings. The van der Waals surface area contributed by atoms with Crippen molar-refractivity contribution in [1.29, 1.82) is 0 Å². The minimum atomic E-state index is -0.156. The van der Waals surface area contributed by atoms with Crippen molar-refractivity contribution >= 4 is 29.1 Å². The van der Waals surface area contributed by atoms with E-state index in [0.717, 1.165) is 45.8 Å². The van der Waals surface area contributed by atoms with Crippen molar-refractivity contribution in [3.05, 3.63) is 58.1 Å². The highest BCUT2D eigenvalue weighted by atomic mass is 35.5. The summed E-state index contributed by atoms with van der Waals surface area (Å²) in [6.07, 6.45) is 4.11. The van der Waals surface area contributed by atoms with Crippen molar-refractivity contribution in [2.24, 2.45) is 0 Å². The lowest BCUT2D eigenvalue weighted by Crippen LogP contribution is -2.26. The van der Waals surface area contributed by atoms with Crippen molar-refractivity contribution in [1.82, 2.24) is 19.9 Å². The number of nitrogens with zero attached hydrogens (tertiary/aromatic N) is 5. The number of amides is 1. The van der Waals surface area contributed by atoms with E-state index >= 15 is 0 Å². The van der Waals surface area contributed by atoms with Crippen molar-refractivity contribution in [2.75, 3.05) is 38.4 Å². The van der Waals surface area contributed by atoms with Gasteiger partial charge in [-0.25, -0.2) is 9.97 Å². The molecule has 8 nitrogen and oxygen atoms in total. The van der Waals surface area contributed by atoms with E-state index in [1.54, 1.807) is 26.4 Å². The van der Waals surface area contributed by atoms with Crippen LogP contribution in [0.1, 0.15) is 73.3 Å². The van der Waals surface area contributed by atoms with Gasteiger partial charge in [-0.15, -0.1) is 0 Å². The van der Waals surface area contributed by atoms with Gasteiger partial charge in [0.25, 0.3) is 5.91 Å². The Labute approximate surface area is 224 Å². The molecule has 0 aliphatic rings. The van der Waals surface area contributed by atoms with E-state index in [-0.39, 0.29) is 17.9 Å². The number of benzene rings is 1. The standard InChI is InChI=1S/C28H37ClN6O2/c1-9-16(3)23-26(30)32-15-33-27(23)35(8)18(5)20-13-21(29)17(4)24(25(20)37-10-2)19-11-12-22(31-14-19)28(36)34(6)7/h11-16,18H,9-10H2,1-8H3,(H2,30,32,33). The summed E-state index contributed by atoms with van der Waals surface area (Å²) < 4.78 is 6.26. The predicted molar refractivity (Wildman–Crippen MR) is 151 cm³/mol. The molecule has 2 unspecified atom stereocenters. The van der Waals surface area contributed by atoms with Gasteiger partial charge in [0.2, 0.25) is 0 Å². The van der Waals surface area contributed by atoms with Crippen LogP contribution in [-0.2, 0) is 0 Å². The molecule has 0 bridgehead atoms. The van der Waals surface area contributed by atoms with Crippen molar-refractivity contribution in [2.45, 2.75) is 53.0 Å². The van der Waals surface area contributed by atoms with E-state index in [1.807, 2.05) is 33.0 Å². The highest BCUT2D eigenvalue weighted by Gasteiger charge is 2.27. The molecule has 2 N–H and O–H groups in total. The number of hydrogen-bond acceptors (Lipinski definition) is 7. The zero-order valence-corrected chi connectivity index (χ0v) is 23.7. The maximum Gasteiger partial charge on any atom is 0.271 e. The van der Waals surface area contributed by atoms with Crippen LogP contribution in [0.5, 0.6) is 5.75 Å². The largest absolute Gasteiger partial charge is 0.493 e. The predicted octanol–water partition coefficient (Wildman–Crippen LogP) is 5.89. The number of aromatic nitrogens is 3. The number of rotatable bonds is 9. The van der Waals surface area contributed by atoms with Gasteiger partial charge in [-0.05, 0) is 50.8 Å². The van der Waals surface area contributed by atoms with Gasteiger partial charge in [0.15, 0.2) is 0 Å². The van der Waals surface area contributed by atoms with Crippen LogP contribution in [0.15, 0.2) is 30.7 Å². The Bertz CT molecular complexity index is 1260. The van der Waals surface area contributed by atoms with Gasteiger partial charge in [-0.2, -0.15) is 0 Å². The minimum Gasteiger partial charge on any atom is -0.493 e. The van der Waals surface area contributed by atoms with Gasteiger partial charge in [0.1, 0.15) is 29.4 Å². The molecule has 0 aliphatic heterocycles. The molecule has 37 heavy (non-hydrogen) atoms. The van der Waals surface area contributed by atoms with Gasteiger partial charge in [0.05, 0.1) is 12.6 Å². The SMILES string of the molecule is CCOc1c(C(C)N(C)c2ncnc(N)c2C(C)CC)cc(Cl)c(C)c1-c1ccc(C(=O)N(C)C)nc1. The quantitative estimate of drug-likeness (QED) is 0.372. The second kappa shape index (κ2) is 11.8. The molecular weight excluding hydrogens is 488 g/mol. The van der Waals surface area contributed by atoms with Crippen LogP contribution in [0.2, 0.25) is 5.02 Å². The zero-order valence-electron chi connectivity index (χ0n) is 23.0. The first-order valence-corrected chi connectivity index (χ1v) is 12.9. The number of ether oxygens (including phenoxy) is 1. The van der Waals surface area contributed by atoms with E-state index in [4.69, 9.17) is 22.1 Å². The summed E-state index contributed by atoms with van der Waals surface area (Å²) in [7, 11) is 5.40. The van der Waals surface area contributed by atoms with Crippen molar-refractivity contribution in [3.63, 3.8) is 0 Å². The minimum absolute atomic E-state index is 0.155. The van der Waals surface area contributed by atoms with Crippen LogP contribution in [0, 0.1) is 6.92 Å². The Kier molecular flexibility index (Phi) is 8.97. The van der Waals surface area contributed by atoms with Crippen LogP contribution in [0.4, 0.5) is 11.6 Å². The molecular formula is C28H37ClN6O2. The smallest absolute Gasteiger partial charge is 0.271 e. The lowest BCUT2D eigenvalue weighted by molar-refractivity contribution is 0.0822. The van der Waals surface area contributed by atoms with Gasteiger partial charge < -0.3 is 20.3 Å². The average molecular weight is 525 g/mol. The molecule has 0 fully saturated rings. The fraction of sp³-hybridized carbons (Fsp3) is 0.429. The van der Waals surface area contributed by atoms with Crippen molar-refractivity contribution in [3.8, 4) is 16.9 Å². The molecule has 2 atom stereocenters. The molecule has 2 aromatic heterocycles. The number of anilines is 2. The normalized spacial score (nSPS) is 12.7. The summed E-state index contributed by atoms with van der Waals surface area (Å²) in [5, 5.41) is 0.617. The number of nitrogen functional groups attached to an aromatic ring is 1. The third-order valence-electron chi connectivity index (χ3n) is 6.83. The number of nitrogens with two attached hydrogens (primary N) is 1. The topological polar surface area (TPSA) is 97.5 Å². The molecule has 0 radical (unpaired) electrons. The number of carbonyl (C=O) groups is 1. The maximum absolute atomic E-state index is 12.3. The first-order chi connectivity index (χ1) is 17.5. The van der Waals surface area contributed by atoms with Crippen molar-refractivity contribution < 1.29 is 9.53 Å². The molecule has 9 heteroatoms. The molecule has 0 saturated heterocycles. The first kappa shape index (κ1) is 28.2. The first-order valence-electron chi connectivity index (χ1n) is 12.5. The summed E-state index contributed by atoms with van der Waals surface area (Å²) in [6, 6.07) is 5.41. The Balaban J connectivity index is 2.16. The Morgan fingerprint density at radius 1 is 1.14 bits per heavy atom. The maximum atomic E-state index is 12.3. The molecule has 1 aromatic carbocycles. The van der Waals surface area contributed by atoms with Gasteiger partial charge in [-0.1, -0.05) is 31.5 Å². The van der Waals surface area contributed by atoms with Crippen LogP contribution < -0.4 is 15.4 Å². The molecule has 3 rings (SSSR count). The number of carbonyl (C=O) groups excluding carboxylic acids is 1. The third-order valence-corrected chi connectivity index (χ3v) is 7.23. The van der Waals surface area contributed by atoms with E-state index in [9.17, 15) is 4.79 Å². The van der Waals surface area contributed by atoms with Crippen LogP contribution >= 0.6 is 11.6 Å². The molecule has 1 amide bonds. The zero-order chi connectivity index (χ0) is 27.4. The summed E-state index contributed by atoms with van der Waals surface area (Å²) in [5.41, 5.74) is 11.1. The van der Waals surface area contributed by atoms with Crippen LogP contribution in [0.25, 0.3) is 11.1 Å². The van der Waals surface area contributed by atoms with E-state index in [0.29, 0.717) is 23.1 Å². The van der Waals surface area contributed by atoms with E-state index in [1.165, 1.54) is 11.2 Å². The molecule has 198 valence electrons. The highest BCUT2D eigenvalue weighted by molar-refractivity contribution is 6.32. The molecule has 0 aliphatic carbocycles. The second-order valence-corrected chi connectivity index (χ2v) is 9.84. The van der Waals surface area contributed by atoms with Gasteiger partial charge >= 0.3 is 0 Å². The Hall–Kier alpha value is -3.39. The fourth-order valence-electron chi connectivity index (χ4n) is 4.35. The number of pyridine rings is 1. The summed E-state index contributed by atoms with van der Waals surface area (Å²) in [6.45, 7) is 10.7. The molecule has 0 saturated carbocycles. The monoisotopic (exact) mass is 524 g/mol. The van der Waals surface area contributed by atoms with Gasteiger partial charge in [0, 0.05) is 54.6 Å². The summed E-state index contributed by atoms with van der Waals surface area (Å²) >= 11 is 6.79. The summed E-state index contributed by atoms with van der Waals surface area (Å²) in [4.78, 5) is 29.2. The molecule has 2 heterocycles. The Morgan fingerprint density at radius 2 is 1.84 bits per heavy atom. The van der Waals surface area contributed by atoms with E-state index in [2.05, 4.69) is 40.6 Å². The lowest BCUT2D eigenvalue weighted by atomic mass is 9.93. The lowest BCUT2D eigenvalue weighted by Gasteiger charge is -2.32. The second-order valence-electron chi connectivity index (χ2n) is 9.43. The highest BCUT2D eigenvalue weighted by Crippen LogP contribution is 2.44.